The Morgan fingerprint density at radius 2 is 1.93 bits per heavy atom. The highest BCUT2D eigenvalue weighted by molar-refractivity contribution is 7.86. The molecule has 2 aromatic rings. The van der Waals surface area contributed by atoms with Crippen molar-refractivity contribution in [3.63, 3.8) is 0 Å². The zero-order chi connectivity index (χ0) is 19.0. The zero-order valence-electron chi connectivity index (χ0n) is 15.2. The first-order chi connectivity index (χ1) is 13.0. The predicted molar refractivity (Wildman–Crippen MR) is 105 cm³/mol. The third-order valence-corrected chi connectivity index (χ3v) is 8.44. The van der Waals surface area contributed by atoms with Gasteiger partial charge >= 0.3 is 0 Å². The SMILES string of the molecule is CNC(=O)c1sc2ccccc2c1[C@@H]1CCN(S(=O)(=O)N2CCOCC2)C1. The summed E-state index contributed by atoms with van der Waals surface area (Å²) in [7, 11) is -1.86. The largest absolute Gasteiger partial charge is 0.379 e. The molecule has 1 N–H and O–H groups in total. The van der Waals surface area contributed by atoms with Crippen LogP contribution in [-0.2, 0) is 14.9 Å². The number of hydrogen-bond acceptors (Lipinski definition) is 5. The maximum Gasteiger partial charge on any atom is 0.282 e. The monoisotopic (exact) mass is 409 g/mol. The van der Waals surface area contributed by atoms with Crippen LogP contribution in [0.25, 0.3) is 10.1 Å². The normalized spacial score (nSPS) is 22.3. The molecule has 0 saturated carbocycles. The molecule has 1 amide bonds. The first-order valence-electron chi connectivity index (χ1n) is 9.09. The average molecular weight is 410 g/mol. The Balaban J connectivity index is 1.65. The minimum atomic E-state index is -3.49. The lowest BCUT2D eigenvalue weighted by molar-refractivity contribution is 0.0705. The number of ether oxygens (including phenoxy) is 1. The molecule has 0 unspecified atom stereocenters. The Morgan fingerprint density at radius 1 is 1.19 bits per heavy atom. The summed E-state index contributed by atoms with van der Waals surface area (Å²) in [6.07, 6.45) is 0.717. The molecule has 27 heavy (non-hydrogen) atoms. The fraction of sp³-hybridized carbons (Fsp3) is 0.500. The van der Waals surface area contributed by atoms with Gasteiger partial charge in [-0.25, -0.2) is 0 Å². The van der Waals surface area contributed by atoms with Gasteiger partial charge in [0.1, 0.15) is 0 Å². The highest BCUT2D eigenvalue weighted by Gasteiger charge is 2.38. The van der Waals surface area contributed by atoms with Gasteiger partial charge in [-0.05, 0) is 23.4 Å². The van der Waals surface area contributed by atoms with Crippen LogP contribution in [0.2, 0.25) is 0 Å². The second-order valence-corrected chi connectivity index (χ2v) is 9.76. The van der Waals surface area contributed by atoms with Gasteiger partial charge in [-0.15, -0.1) is 11.3 Å². The molecule has 146 valence electrons. The second kappa shape index (κ2) is 7.48. The van der Waals surface area contributed by atoms with Gasteiger partial charge in [0, 0.05) is 43.8 Å². The lowest BCUT2D eigenvalue weighted by Gasteiger charge is -2.30. The molecule has 1 atom stereocenters. The number of rotatable bonds is 4. The van der Waals surface area contributed by atoms with Gasteiger partial charge in [-0.1, -0.05) is 18.2 Å². The van der Waals surface area contributed by atoms with Crippen LogP contribution in [0.4, 0.5) is 0 Å². The molecule has 0 spiro atoms. The maximum atomic E-state index is 13.0. The summed E-state index contributed by atoms with van der Waals surface area (Å²) in [6.45, 7) is 2.55. The van der Waals surface area contributed by atoms with Crippen LogP contribution in [-0.4, -0.2) is 69.4 Å². The number of carbonyl (C=O) groups is 1. The van der Waals surface area contributed by atoms with Crippen LogP contribution in [0.15, 0.2) is 24.3 Å². The topological polar surface area (TPSA) is 79.0 Å². The van der Waals surface area contributed by atoms with E-state index in [0.717, 1.165) is 15.6 Å². The Kier molecular flexibility index (Phi) is 5.21. The highest BCUT2D eigenvalue weighted by Crippen LogP contribution is 2.40. The number of nitrogens with one attached hydrogen (secondary N) is 1. The van der Waals surface area contributed by atoms with Crippen molar-refractivity contribution in [1.29, 1.82) is 0 Å². The van der Waals surface area contributed by atoms with Crippen LogP contribution in [0, 0.1) is 0 Å². The van der Waals surface area contributed by atoms with Crippen molar-refractivity contribution in [2.45, 2.75) is 12.3 Å². The van der Waals surface area contributed by atoms with E-state index in [0.29, 0.717) is 50.7 Å². The van der Waals surface area contributed by atoms with Crippen molar-refractivity contribution in [2.24, 2.45) is 0 Å². The lowest BCUT2D eigenvalue weighted by atomic mass is 9.95. The Hall–Kier alpha value is -1.52. The number of amides is 1. The van der Waals surface area contributed by atoms with Crippen LogP contribution >= 0.6 is 11.3 Å². The van der Waals surface area contributed by atoms with Gasteiger partial charge in [0.15, 0.2) is 0 Å². The van der Waals surface area contributed by atoms with Crippen LogP contribution in [0.3, 0.4) is 0 Å². The lowest BCUT2D eigenvalue weighted by Crippen LogP contribution is -2.47. The molecular weight excluding hydrogens is 386 g/mol. The Labute approximate surface area is 163 Å². The van der Waals surface area contributed by atoms with Crippen molar-refractivity contribution in [3.8, 4) is 0 Å². The Bertz CT molecular complexity index is 951. The molecule has 3 heterocycles. The molecule has 2 fully saturated rings. The zero-order valence-corrected chi connectivity index (χ0v) is 16.8. The van der Waals surface area contributed by atoms with E-state index in [-0.39, 0.29) is 11.8 Å². The number of fused-ring (bicyclic) bond motifs is 1. The van der Waals surface area contributed by atoms with E-state index in [1.165, 1.54) is 15.6 Å². The molecular formula is C18H23N3O4S2. The third kappa shape index (κ3) is 3.38. The molecule has 2 aliphatic heterocycles. The van der Waals surface area contributed by atoms with Crippen LogP contribution in [0.5, 0.6) is 0 Å². The van der Waals surface area contributed by atoms with Crippen molar-refractivity contribution in [1.82, 2.24) is 13.9 Å². The summed E-state index contributed by atoms with van der Waals surface area (Å²) in [6, 6.07) is 7.95. The summed E-state index contributed by atoms with van der Waals surface area (Å²) >= 11 is 1.47. The number of hydrogen-bond donors (Lipinski definition) is 1. The van der Waals surface area contributed by atoms with E-state index in [2.05, 4.69) is 5.32 Å². The van der Waals surface area contributed by atoms with E-state index >= 15 is 0 Å². The van der Waals surface area contributed by atoms with Crippen molar-refractivity contribution < 1.29 is 17.9 Å². The van der Waals surface area contributed by atoms with Crippen molar-refractivity contribution in [3.05, 3.63) is 34.7 Å². The van der Waals surface area contributed by atoms with Gasteiger partial charge in [0.2, 0.25) is 0 Å². The van der Waals surface area contributed by atoms with Gasteiger partial charge < -0.3 is 10.1 Å². The van der Waals surface area contributed by atoms with Crippen LogP contribution in [0.1, 0.15) is 27.6 Å². The van der Waals surface area contributed by atoms with E-state index < -0.39 is 10.2 Å². The number of morpholine rings is 1. The maximum absolute atomic E-state index is 13.0. The summed E-state index contributed by atoms with van der Waals surface area (Å²) in [4.78, 5) is 13.1. The fourth-order valence-corrected chi connectivity index (χ4v) is 6.74. The quantitative estimate of drug-likeness (QED) is 0.832. The van der Waals surface area contributed by atoms with Gasteiger partial charge in [-0.3, -0.25) is 4.79 Å². The number of thiophene rings is 1. The second-order valence-electron chi connectivity index (χ2n) is 6.78. The molecule has 1 aromatic heterocycles. The molecule has 0 radical (unpaired) electrons. The van der Waals surface area contributed by atoms with Gasteiger partial charge in [0.05, 0.1) is 18.1 Å². The summed E-state index contributed by atoms with van der Waals surface area (Å²) < 4.78 is 35.3. The number of nitrogens with zero attached hydrogens (tertiary/aromatic N) is 2. The molecule has 7 nitrogen and oxygen atoms in total. The van der Waals surface area contributed by atoms with Crippen LogP contribution < -0.4 is 5.32 Å². The Morgan fingerprint density at radius 3 is 2.67 bits per heavy atom. The first-order valence-corrected chi connectivity index (χ1v) is 11.3. The smallest absolute Gasteiger partial charge is 0.282 e. The van der Waals surface area contributed by atoms with E-state index in [1.807, 2.05) is 24.3 Å². The highest BCUT2D eigenvalue weighted by atomic mass is 32.2. The predicted octanol–water partition coefficient (Wildman–Crippen LogP) is 1.63. The minimum Gasteiger partial charge on any atom is -0.379 e. The van der Waals surface area contributed by atoms with Gasteiger partial charge in [0.25, 0.3) is 16.1 Å². The van der Waals surface area contributed by atoms with Gasteiger partial charge in [-0.2, -0.15) is 17.0 Å². The van der Waals surface area contributed by atoms with Crippen molar-refractivity contribution >= 4 is 37.5 Å². The minimum absolute atomic E-state index is 0.0178. The molecule has 1 aromatic carbocycles. The molecule has 2 aliphatic rings. The first kappa shape index (κ1) is 18.8. The standard InChI is InChI=1S/C18H23N3O4S2/c1-19-18(22)17-16(14-4-2-3-5-15(14)26-17)13-6-7-21(12-13)27(23,24)20-8-10-25-11-9-20/h2-5,13H,6-12H2,1H3,(H,19,22)/t13-/m1/s1. The molecule has 0 aliphatic carbocycles. The van der Waals surface area contributed by atoms with E-state index in [4.69, 9.17) is 4.74 Å². The summed E-state index contributed by atoms with van der Waals surface area (Å²) in [5.41, 5.74) is 0.981. The van der Waals surface area contributed by atoms with E-state index in [1.54, 1.807) is 11.4 Å². The summed E-state index contributed by atoms with van der Waals surface area (Å²) in [5, 5.41) is 3.77. The molecule has 4 rings (SSSR count). The number of benzene rings is 1. The third-order valence-electron chi connectivity index (χ3n) is 5.25. The fourth-order valence-electron chi connectivity index (χ4n) is 3.87. The molecule has 9 heteroatoms. The van der Waals surface area contributed by atoms with Crippen molar-refractivity contribution in [2.75, 3.05) is 46.4 Å². The van der Waals surface area contributed by atoms with E-state index in [9.17, 15) is 13.2 Å². The number of carbonyl (C=O) groups excluding carboxylic acids is 1. The summed E-state index contributed by atoms with van der Waals surface area (Å²) in [5.74, 6) is -0.0926. The molecule has 2 saturated heterocycles. The molecule has 0 bridgehead atoms. The average Bonchev–Trinajstić information content (AvgIpc) is 3.33.